The number of carbonyl (C=O) groups is 1. The lowest BCUT2D eigenvalue weighted by Crippen LogP contribution is -2.38. The number of halogens is 1. The maximum Gasteiger partial charge on any atom is 0.341 e. The van der Waals surface area contributed by atoms with Crippen molar-refractivity contribution in [1.82, 2.24) is 15.6 Å². The summed E-state index contributed by atoms with van der Waals surface area (Å²) in [5, 5.41) is 7.81. The highest BCUT2D eigenvalue weighted by Crippen LogP contribution is 2.18. The van der Waals surface area contributed by atoms with E-state index in [1.807, 2.05) is 19.1 Å². The fourth-order valence-corrected chi connectivity index (χ4v) is 3.09. The molecule has 29 heavy (non-hydrogen) atoms. The fraction of sp³-hybridized carbons (Fsp3) is 0.333. The Hall–Kier alpha value is -2.49. The number of esters is 1. The molecule has 0 amide bonds. The van der Waals surface area contributed by atoms with Gasteiger partial charge in [0.15, 0.2) is 5.96 Å². The maximum atomic E-state index is 11.7. The first-order valence-corrected chi connectivity index (χ1v) is 9.37. The van der Waals surface area contributed by atoms with Gasteiger partial charge in [-0.2, -0.15) is 0 Å². The predicted octanol–water partition coefficient (Wildman–Crippen LogP) is 3.77. The van der Waals surface area contributed by atoms with E-state index in [9.17, 15) is 4.79 Å². The maximum absolute atomic E-state index is 11.7. The molecule has 0 aliphatic rings. The molecule has 156 valence electrons. The van der Waals surface area contributed by atoms with E-state index >= 15 is 0 Å². The molecular formula is C21H27IN4O3. The molecule has 7 nitrogen and oxygen atoms in total. The minimum atomic E-state index is -0.403. The summed E-state index contributed by atoms with van der Waals surface area (Å²) in [5.74, 6) is 1.46. The minimum absolute atomic E-state index is 0. The van der Waals surface area contributed by atoms with Crippen LogP contribution >= 0.6 is 24.0 Å². The number of aryl methyl sites for hydroxylation is 1. The molecule has 8 heteroatoms. The van der Waals surface area contributed by atoms with Crippen LogP contribution in [0.25, 0.3) is 10.9 Å². The number of furan rings is 1. The van der Waals surface area contributed by atoms with Gasteiger partial charge in [0, 0.05) is 30.2 Å². The van der Waals surface area contributed by atoms with Crippen LogP contribution in [0.2, 0.25) is 0 Å². The third-order valence-corrected chi connectivity index (χ3v) is 4.47. The zero-order valence-corrected chi connectivity index (χ0v) is 19.2. The summed E-state index contributed by atoms with van der Waals surface area (Å²) >= 11 is 0. The highest BCUT2D eigenvalue weighted by Gasteiger charge is 2.15. The van der Waals surface area contributed by atoms with Gasteiger partial charge in [-0.3, -0.25) is 0 Å². The molecule has 1 aromatic carbocycles. The number of nitrogens with zero attached hydrogens (tertiary/aromatic N) is 1. The van der Waals surface area contributed by atoms with Crippen molar-refractivity contribution in [2.45, 2.75) is 26.8 Å². The monoisotopic (exact) mass is 510 g/mol. The standard InChI is InChI=1S/C21H26N4O3.HI/c1-4-22-21(25-13-16-11-18(14(2)28-16)20(26)27-3)23-10-9-15-12-24-19-8-6-5-7-17(15)19;/h5-8,11-12,24H,4,9-10,13H2,1-3H3,(H2,22,23,25);1H. The number of guanidine groups is 1. The number of hydrogen-bond donors (Lipinski definition) is 3. The van der Waals surface area contributed by atoms with Crippen molar-refractivity contribution in [2.24, 2.45) is 4.99 Å². The zero-order chi connectivity index (χ0) is 19.9. The first-order chi connectivity index (χ1) is 13.6. The third-order valence-electron chi connectivity index (χ3n) is 4.47. The van der Waals surface area contributed by atoms with E-state index in [-0.39, 0.29) is 24.0 Å². The summed E-state index contributed by atoms with van der Waals surface area (Å²) in [5.41, 5.74) is 2.85. The first-order valence-electron chi connectivity index (χ1n) is 9.37. The van der Waals surface area contributed by atoms with Gasteiger partial charge in [0.05, 0.1) is 7.11 Å². The highest BCUT2D eigenvalue weighted by molar-refractivity contribution is 14.0. The van der Waals surface area contributed by atoms with Gasteiger partial charge in [-0.05, 0) is 38.0 Å². The molecule has 0 radical (unpaired) electrons. The van der Waals surface area contributed by atoms with Crippen LogP contribution in [0.15, 0.2) is 45.9 Å². The lowest BCUT2D eigenvalue weighted by atomic mass is 10.1. The molecule has 2 aromatic heterocycles. The van der Waals surface area contributed by atoms with Crippen LogP contribution in [-0.4, -0.2) is 37.1 Å². The quantitative estimate of drug-likeness (QED) is 0.195. The van der Waals surface area contributed by atoms with E-state index in [0.717, 1.165) is 25.0 Å². The Balaban J connectivity index is 0.00000300. The van der Waals surface area contributed by atoms with E-state index in [0.29, 0.717) is 29.6 Å². The van der Waals surface area contributed by atoms with Crippen LogP contribution in [0.4, 0.5) is 0 Å². The van der Waals surface area contributed by atoms with Crippen molar-refractivity contribution in [3.8, 4) is 0 Å². The van der Waals surface area contributed by atoms with E-state index in [1.54, 1.807) is 13.0 Å². The SMILES string of the molecule is CCNC(=NCc1cc(C(=O)OC)c(C)o1)NCCc1c[nH]c2ccccc12.I. The Morgan fingerprint density at radius 1 is 1.28 bits per heavy atom. The van der Waals surface area contributed by atoms with E-state index < -0.39 is 5.97 Å². The van der Waals surface area contributed by atoms with Crippen molar-refractivity contribution in [3.63, 3.8) is 0 Å². The molecule has 0 fully saturated rings. The topological polar surface area (TPSA) is 91.7 Å². The van der Waals surface area contributed by atoms with E-state index in [1.165, 1.54) is 18.1 Å². The normalized spacial score (nSPS) is 11.2. The number of benzene rings is 1. The number of fused-ring (bicyclic) bond motifs is 1. The summed E-state index contributed by atoms with van der Waals surface area (Å²) in [6.45, 7) is 5.59. The Morgan fingerprint density at radius 2 is 2.07 bits per heavy atom. The van der Waals surface area contributed by atoms with E-state index in [2.05, 4.69) is 38.9 Å². The summed E-state index contributed by atoms with van der Waals surface area (Å²) in [4.78, 5) is 19.5. The van der Waals surface area contributed by atoms with Crippen molar-refractivity contribution in [2.75, 3.05) is 20.2 Å². The van der Waals surface area contributed by atoms with Crippen LogP contribution in [0.5, 0.6) is 0 Å². The van der Waals surface area contributed by atoms with Crippen molar-refractivity contribution in [3.05, 3.63) is 59.2 Å². The highest BCUT2D eigenvalue weighted by atomic mass is 127. The average molecular weight is 510 g/mol. The molecule has 0 unspecified atom stereocenters. The predicted molar refractivity (Wildman–Crippen MR) is 125 cm³/mol. The van der Waals surface area contributed by atoms with Crippen molar-refractivity contribution >= 4 is 46.8 Å². The van der Waals surface area contributed by atoms with Crippen molar-refractivity contribution < 1.29 is 13.9 Å². The first kappa shape index (κ1) is 22.8. The zero-order valence-electron chi connectivity index (χ0n) is 16.9. The summed E-state index contributed by atoms with van der Waals surface area (Å²) in [7, 11) is 1.35. The number of hydrogen-bond acceptors (Lipinski definition) is 4. The van der Waals surface area contributed by atoms with Crippen LogP contribution in [0.3, 0.4) is 0 Å². The second-order valence-electron chi connectivity index (χ2n) is 6.41. The molecule has 3 N–H and O–H groups in total. The lowest BCUT2D eigenvalue weighted by Gasteiger charge is -2.10. The summed E-state index contributed by atoms with van der Waals surface area (Å²) < 4.78 is 10.4. The number of aromatic nitrogens is 1. The molecule has 0 bridgehead atoms. The Labute approximate surface area is 187 Å². The number of nitrogens with one attached hydrogen (secondary N) is 3. The number of ether oxygens (including phenoxy) is 1. The average Bonchev–Trinajstić information content (AvgIpc) is 3.29. The van der Waals surface area contributed by atoms with Gasteiger partial charge in [-0.25, -0.2) is 9.79 Å². The number of carbonyl (C=O) groups excluding carboxylic acids is 1. The summed E-state index contributed by atoms with van der Waals surface area (Å²) in [6.07, 6.45) is 2.93. The second kappa shape index (κ2) is 10.9. The molecule has 0 aliphatic carbocycles. The number of aliphatic imine (C=N–C) groups is 1. The minimum Gasteiger partial charge on any atom is -0.465 e. The molecule has 2 heterocycles. The number of methoxy groups -OCH3 is 1. The van der Waals surface area contributed by atoms with Crippen LogP contribution < -0.4 is 10.6 Å². The van der Waals surface area contributed by atoms with Crippen LogP contribution in [0, 0.1) is 6.92 Å². The van der Waals surface area contributed by atoms with E-state index in [4.69, 9.17) is 9.15 Å². The second-order valence-corrected chi connectivity index (χ2v) is 6.41. The van der Waals surface area contributed by atoms with Gasteiger partial charge in [0.1, 0.15) is 23.6 Å². The Bertz CT molecular complexity index is 977. The van der Waals surface area contributed by atoms with Crippen molar-refractivity contribution in [1.29, 1.82) is 0 Å². The molecular weight excluding hydrogens is 483 g/mol. The molecule has 0 saturated carbocycles. The Morgan fingerprint density at radius 3 is 2.83 bits per heavy atom. The largest absolute Gasteiger partial charge is 0.465 e. The molecule has 0 atom stereocenters. The molecule has 0 spiro atoms. The van der Waals surface area contributed by atoms with Crippen LogP contribution in [0.1, 0.15) is 34.4 Å². The smallest absolute Gasteiger partial charge is 0.341 e. The molecule has 3 rings (SSSR count). The Kier molecular flexibility index (Phi) is 8.56. The molecule has 0 aliphatic heterocycles. The van der Waals surface area contributed by atoms with Gasteiger partial charge >= 0.3 is 5.97 Å². The summed E-state index contributed by atoms with van der Waals surface area (Å²) in [6, 6.07) is 9.95. The molecule has 0 saturated heterocycles. The lowest BCUT2D eigenvalue weighted by molar-refractivity contribution is 0.0599. The third kappa shape index (κ3) is 5.75. The fourth-order valence-electron chi connectivity index (χ4n) is 3.09. The number of rotatable bonds is 7. The number of para-hydroxylation sites is 1. The number of aromatic amines is 1. The van der Waals surface area contributed by atoms with Crippen LogP contribution in [-0.2, 0) is 17.7 Å². The van der Waals surface area contributed by atoms with Gasteiger partial charge in [-0.15, -0.1) is 24.0 Å². The molecule has 3 aromatic rings. The van der Waals surface area contributed by atoms with Gasteiger partial charge < -0.3 is 24.8 Å². The van der Waals surface area contributed by atoms with Gasteiger partial charge in [0.25, 0.3) is 0 Å². The van der Waals surface area contributed by atoms with Gasteiger partial charge in [0.2, 0.25) is 0 Å². The van der Waals surface area contributed by atoms with Gasteiger partial charge in [-0.1, -0.05) is 18.2 Å². The number of H-pyrrole nitrogens is 1.